The molecule has 1 aromatic carbocycles. The summed E-state index contributed by atoms with van der Waals surface area (Å²) in [6.45, 7) is 4.55. The molecule has 2 heterocycles. The van der Waals surface area contributed by atoms with Crippen LogP contribution in [0.3, 0.4) is 0 Å². The number of carbonyl (C=O) groups is 2. The number of aromatic nitrogens is 3. The number of benzene rings is 1. The van der Waals surface area contributed by atoms with E-state index < -0.39 is 5.97 Å². The highest BCUT2D eigenvalue weighted by Gasteiger charge is 2.21. The first kappa shape index (κ1) is 21.5. The second-order valence-electron chi connectivity index (χ2n) is 8.00. The second kappa shape index (κ2) is 9.64. The molecule has 0 bridgehead atoms. The zero-order valence-electron chi connectivity index (χ0n) is 18.3. The minimum atomic E-state index is -0.575. The van der Waals surface area contributed by atoms with E-state index in [0.717, 1.165) is 41.2 Å². The Balaban J connectivity index is 1.26. The number of rotatable bonds is 9. The average Bonchev–Trinajstić information content (AvgIpc) is 3.57. The molecule has 2 N–H and O–H groups in total. The summed E-state index contributed by atoms with van der Waals surface area (Å²) in [6.07, 6.45) is 3.75. The van der Waals surface area contributed by atoms with Gasteiger partial charge in [-0.2, -0.15) is 5.10 Å². The van der Waals surface area contributed by atoms with Gasteiger partial charge in [0, 0.05) is 30.0 Å². The van der Waals surface area contributed by atoms with Gasteiger partial charge in [0.2, 0.25) is 0 Å². The lowest BCUT2D eigenvalue weighted by Gasteiger charge is -2.08. The first-order chi connectivity index (χ1) is 15.5. The van der Waals surface area contributed by atoms with E-state index in [4.69, 9.17) is 4.74 Å². The van der Waals surface area contributed by atoms with Crippen LogP contribution in [0.5, 0.6) is 0 Å². The van der Waals surface area contributed by atoms with Crippen LogP contribution < -0.4 is 10.6 Å². The molecule has 0 aliphatic heterocycles. The number of nitrogens with one attached hydrogen (secondary N) is 2. The molecular formula is C24H27N5O3. The van der Waals surface area contributed by atoms with Crippen LogP contribution in [0.15, 0.2) is 48.7 Å². The molecule has 0 radical (unpaired) electrons. The monoisotopic (exact) mass is 433 g/mol. The Morgan fingerprint density at radius 3 is 2.59 bits per heavy atom. The van der Waals surface area contributed by atoms with Gasteiger partial charge in [-0.25, -0.2) is 9.78 Å². The minimum absolute atomic E-state index is 0.313. The molecule has 2 aromatic heterocycles. The molecule has 0 unspecified atom stereocenters. The van der Waals surface area contributed by atoms with Crippen LogP contribution in [0.2, 0.25) is 0 Å². The number of hydrogen-bond donors (Lipinski definition) is 2. The highest BCUT2D eigenvalue weighted by Crippen LogP contribution is 2.23. The number of hydrogen-bond acceptors (Lipinski definition) is 6. The normalized spacial score (nSPS) is 12.9. The lowest BCUT2D eigenvalue weighted by atomic mass is 10.2. The zero-order chi connectivity index (χ0) is 22.5. The Morgan fingerprint density at radius 2 is 1.91 bits per heavy atom. The fourth-order valence-corrected chi connectivity index (χ4v) is 3.39. The third-order valence-electron chi connectivity index (χ3n) is 5.43. The highest BCUT2D eigenvalue weighted by atomic mass is 16.5. The topological polar surface area (TPSA) is 98.1 Å². The second-order valence-corrected chi connectivity index (χ2v) is 8.00. The van der Waals surface area contributed by atoms with E-state index in [9.17, 15) is 9.59 Å². The number of nitrogens with zero attached hydrogens (tertiary/aromatic N) is 3. The van der Waals surface area contributed by atoms with Gasteiger partial charge < -0.3 is 15.4 Å². The molecule has 8 heteroatoms. The largest absolute Gasteiger partial charge is 0.452 e. The smallest absolute Gasteiger partial charge is 0.340 e. The highest BCUT2D eigenvalue weighted by molar-refractivity contribution is 5.91. The lowest BCUT2D eigenvalue weighted by Crippen LogP contribution is -2.28. The van der Waals surface area contributed by atoms with Crippen molar-refractivity contribution in [2.45, 2.75) is 45.8 Å². The van der Waals surface area contributed by atoms with Crippen LogP contribution in [-0.2, 0) is 22.6 Å². The van der Waals surface area contributed by atoms with Gasteiger partial charge in [0.25, 0.3) is 5.91 Å². The van der Waals surface area contributed by atoms with Crippen LogP contribution in [0.25, 0.3) is 0 Å². The van der Waals surface area contributed by atoms with Crippen LogP contribution in [0.1, 0.15) is 45.7 Å². The van der Waals surface area contributed by atoms with Crippen molar-refractivity contribution in [3.8, 4) is 0 Å². The van der Waals surface area contributed by atoms with Gasteiger partial charge in [0.05, 0.1) is 17.8 Å². The number of anilines is 1. The summed E-state index contributed by atoms with van der Waals surface area (Å²) in [6, 6.07) is 14.0. The van der Waals surface area contributed by atoms with Crippen molar-refractivity contribution in [1.82, 2.24) is 20.1 Å². The van der Waals surface area contributed by atoms with Crippen molar-refractivity contribution in [1.29, 1.82) is 0 Å². The summed E-state index contributed by atoms with van der Waals surface area (Å²) >= 11 is 0. The Kier molecular flexibility index (Phi) is 6.49. The van der Waals surface area contributed by atoms with E-state index in [1.54, 1.807) is 12.1 Å². The Morgan fingerprint density at radius 1 is 1.12 bits per heavy atom. The van der Waals surface area contributed by atoms with Crippen molar-refractivity contribution < 1.29 is 14.3 Å². The molecule has 1 amide bonds. The first-order valence-corrected chi connectivity index (χ1v) is 10.7. The predicted octanol–water partition coefficient (Wildman–Crippen LogP) is 2.99. The quantitative estimate of drug-likeness (QED) is 0.504. The number of pyridine rings is 1. The maximum absolute atomic E-state index is 12.2. The summed E-state index contributed by atoms with van der Waals surface area (Å²) in [5.74, 6) is -0.207. The molecular weight excluding hydrogens is 406 g/mol. The van der Waals surface area contributed by atoms with Gasteiger partial charge in [-0.3, -0.25) is 9.48 Å². The number of aryl methyl sites for hydroxylation is 1. The molecule has 1 fully saturated rings. The van der Waals surface area contributed by atoms with Crippen molar-refractivity contribution in [2.24, 2.45) is 0 Å². The van der Waals surface area contributed by atoms with Gasteiger partial charge in [-0.15, -0.1) is 0 Å². The Bertz CT molecular complexity index is 1090. The maximum atomic E-state index is 12.2. The molecule has 1 aliphatic carbocycles. The molecule has 32 heavy (non-hydrogen) atoms. The summed E-state index contributed by atoms with van der Waals surface area (Å²) < 4.78 is 7.06. The van der Waals surface area contributed by atoms with Crippen molar-refractivity contribution >= 4 is 17.7 Å². The van der Waals surface area contributed by atoms with Crippen LogP contribution >= 0.6 is 0 Å². The molecule has 1 aliphatic rings. The lowest BCUT2D eigenvalue weighted by molar-refractivity contribution is -0.124. The van der Waals surface area contributed by atoms with Crippen molar-refractivity contribution in [3.63, 3.8) is 0 Å². The first-order valence-electron chi connectivity index (χ1n) is 10.7. The van der Waals surface area contributed by atoms with E-state index in [1.165, 1.54) is 6.20 Å². The van der Waals surface area contributed by atoms with Crippen LogP contribution in [0.4, 0.5) is 5.82 Å². The molecule has 4 rings (SSSR count). The van der Waals surface area contributed by atoms with E-state index in [0.29, 0.717) is 24.7 Å². The molecule has 8 nitrogen and oxygen atoms in total. The minimum Gasteiger partial charge on any atom is -0.452 e. The van der Waals surface area contributed by atoms with Crippen molar-refractivity contribution in [2.75, 3.05) is 11.9 Å². The molecule has 0 spiro atoms. The summed E-state index contributed by atoms with van der Waals surface area (Å²) in [7, 11) is 0. The van der Waals surface area contributed by atoms with E-state index in [2.05, 4.69) is 32.8 Å². The predicted molar refractivity (Wildman–Crippen MR) is 120 cm³/mol. The zero-order valence-corrected chi connectivity index (χ0v) is 18.3. The molecule has 1 saturated carbocycles. The van der Waals surface area contributed by atoms with Gasteiger partial charge in [-0.1, -0.05) is 30.3 Å². The number of amides is 1. The van der Waals surface area contributed by atoms with Gasteiger partial charge >= 0.3 is 5.97 Å². The van der Waals surface area contributed by atoms with E-state index in [1.807, 2.05) is 36.7 Å². The average molecular weight is 434 g/mol. The number of ether oxygens (including phenoxy) is 1. The summed E-state index contributed by atoms with van der Waals surface area (Å²) in [5, 5.41) is 10.7. The van der Waals surface area contributed by atoms with Crippen LogP contribution in [0, 0.1) is 13.8 Å². The van der Waals surface area contributed by atoms with Crippen molar-refractivity contribution in [3.05, 3.63) is 76.7 Å². The third kappa shape index (κ3) is 5.51. The SMILES string of the molecule is Cc1nn(Cc2ccccc2)c(C)c1CNC(=O)COC(=O)c1ccc(NC2CC2)nc1. The standard InChI is InChI=1S/C24H27N5O3/c1-16-21(17(2)29(28-16)14-18-6-4-3-5-7-18)13-26-23(30)15-32-24(31)19-8-11-22(25-12-19)27-20-9-10-20/h3-8,11-12,20H,9-10,13-15H2,1-2H3,(H,25,27)(H,26,30). The summed E-state index contributed by atoms with van der Waals surface area (Å²) in [4.78, 5) is 28.6. The van der Waals surface area contributed by atoms with Gasteiger partial charge in [-0.05, 0) is 44.4 Å². The fourth-order valence-electron chi connectivity index (χ4n) is 3.39. The summed E-state index contributed by atoms with van der Waals surface area (Å²) in [5.41, 5.74) is 4.29. The maximum Gasteiger partial charge on any atom is 0.340 e. The molecule has 0 saturated heterocycles. The Labute approximate surface area is 187 Å². The van der Waals surface area contributed by atoms with Crippen LogP contribution in [-0.4, -0.2) is 39.3 Å². The number of carbonyl (C=O) groups excluding carboxylic acids is 2. The van der Waals surface area contributed by atoms with Gasteiger partial charge in [0.1, 0.15) is 5.82 Å². The number of esters is 1. The molecule has 166 valence electrons. The molecule has 3 aromatic rings. The molecule has 0 atom stereocenters. The van der Waals surface area contributed by atoms with Gasteiger partial charge in [0.15, 0.2) is 6.61 Å². The third-order valence-corrected chi connectivity index (χ3v) is 5.43. The van der Waals surface area contributed by atoms with E-state index in [-0.39, 0.29) is 12.5 Å². The van der Waals surface area contributed by atoms with E-state index >= 15 is 0 Å². The fraction of sp³-hybridized carbons (Fsp3) is 0.333. The Hall–Kier alpha value is -3.68.